The van der Waals surface area contributed by atoms with E-state index in [1.165, 1.54) is 6.21 Å². The van der Waals surface area contributed by atoms with Gasteiger partial charge in [0.1, 0.15) is 11.5 Å². The summed E-state index contributed by atoms with van der Waals surface area (Å²) in [5.41, 5.74) is 4.19. The van der Waals surface area contributed by atoms with Crippen molar-refractivity contribution in [3.05, 3.63) is 59.7 Å². The average molecular weight is 326 g/mol. The molecule has 1 amide bonds. The molecule has 126 valence electrons. The number of hydrogen-bond acceptors (Lipinski definition) is 4. The molecule has 5 heteroatoms. The monoisotopic (exact) mass is 326 g/mol. The molecule has 0 saturated heterocycles. The summed E-state index contributed by atoms with van der Waals surface area (Å²) in [6, 6.07) is 14.3. The predicted molar refractivity (Wildman–Crippen MR) is 94.5 cm³/mol. The van der Waals surface area contributed by atoms with Crippen LogP contribution in [0.1, 0.15) is 37.3 Å². The number of amides is 1. The summed E-state index contributed by atoms with van der Waals surface area (Å²) >= 11 is 0. The maximum absolute atomic E-state index is 11.8. The Labute approximate surface area is 142 Å². The highest BCUT2D eigenvalue weighted by molar-refractivity contribution is 5.83. The average Bonchev–Trinajstić information content (AvgIpc) is 2.59. The van der Waals surface area contributed by atoms with Crippen molar-refractivity contribution in [2.24, 2.45) is 5.10 Å². The molecule has 2 rings (SSSR count). The molecule has 0 bridgehead atoms. The second kappa shape index (κ2) is 8.72. The number of benzene rings is 2. The van der Waals surface area contributed by atoms with Gasteiger partial charge in [0, 0.05) is 0 Å². The summed E-state index contributed by atoms with van der Waals surface area (Å²) in [5, 5.41) is 13.2. The van der Waals surface area contributed by atoms with Crippen LogP contribution in [-0.2, 0) is 4.79 Å². The van der Waals surface area contributed by atoms with Crippen molar-refractivity contribution in [1.82, 2.24) is 5.43 Å². The van der Waals surface area contributed by atoms with E-state index >= 15 is 0 Å². The van der Waals surface area contributed by atoms with Crippen molar-refractivity contribution in [2.75, 3.05) is 6.61 Å². The van der Waals surface area contributed by atoms with E-state index in [4.69, 9.17) is 4.74 Å². The third-order valence-corrected chi connectivity index (χ3v) is 3.69. The van der Waals surface area contributed by atoms with Gasteiger partial charge < -0.3 is 9.84 Å². The van der Waals surface area contributed by atoms with Crippen LogP contribution in [0.25, 0.3) is 0 Å². The van der Waals surface area contributed by atoms with Crippen molar-refractivity contribution in [3.8, 4) is 11.5 Å². The number of nitrogens with one attached hydrogen (secondary N) is 1. The van der Waals surface area contributed by atoms with E-state index in [2.05, 4.69) is 24.4 Å². The number of carbonyl (C=O) groups excluding carboxylic acids is 1. The van der Waals surface area contributed by atoms with E-state index in [0.29, 0.717) is 11.5 Å². The van der Waals surface area contributed by atoms with Crippen molar-refractivity contribution in [3.63, 3.8) is 0 Å². The van der Waals surface area contributed by atoms with Gasteiger partial charge in [-0.1, -0.05) is 44.2 Å². The van der Waals surface area contributed by atoms with Gasteiger partial charge in [-0.25, -0.2) is 5.43 Å². The second-order valence-electron chi connectivity index (χ2n) is 5.52. The molecule has 1 unspecified atom stereocenters. The lowest BCUT2D eigenvalue weighted by Crippen LogP contribution is -2.24. The fraction of sp³-hybridized carbons (Fsp3) is 0.263. The summed E-state index contributed by atoms with van der Waals surface area (Å²) in [6.07, 6.45) is 2.46. The molecule has 1 atom stereocenters. The third kappa shape index (κ3) is 5.12. The lowest BCUT2D eigenvalue weighted by atomic mass is 9.98. The zero-order valence-electron chi connectivity index (χ0n) is 13.9. The molecule has 5 nitrogen and oxygen atoms in total. The smallest absolute Gasteiger partial charge is 0.277 e. The SMILES string of the molecule is CCC(C)c1ccccc1OCC(=O)NN=Cc1cccc(O)c1. The fourth-order valence-electron chi connectivity index (χ4n) is 2.20. The van der Waals surface area contributed by atoms with E-state index in [-0.39, 0.29) is 18.3 Å². The van der Waals surface area contributed by atoms with Crippen molar-refractivity contribution in [1.29, 1.82) is 0 Å². The Hall–Kier alpha value is -2.82. The molecule has 0 heterocycles. The largest absolute Gasteiger partial charge is 0.508 e. The number of hydrogen-bond donors (Lipinski definition) is 2. The number of nitrogens with zero attached hydrogens (tertiary/aromatic N) is 1. The molecule has 0 radical (unpaired) electrons. The number of phenolic OH excluding ortho intramolecular Hbond substituents is 1. The molecule has 2 aromatic rings. The summed E-state index contributed by atoms with van der Waals surface area (Å²) in [5.74, 6) is 0.896. The van der Waals surface area contributed by atoms with Gasteiger partial charge in [-0.3, -0.25) is 4.79 Å². The zero-order chi connectivity index (χ0) is 17.4. The van der Waals surface area contributed by atoms with Gasteiger partial charge in [-0.15, -0.1) is 0 Å². The molecule has 2 aromatic carbocycles. The minimum atomic E-state index is -0.342. The van der Waals surface area contributed by atoms with Gasteiger partial charge in [0.15, 0.2) is 6.61 Å². The van der Waals surface area contributed by atoms with Crippen LogP contribution in [0.4, 0.5) is 0 Å². The van der Waals surface area contributed by atoms with Crippen LogP contribution >= 0.6 is 0 Å². The first-order valence-electron chi connectivity index (χ1n) is 7.92. The highest BCUT2D eigenvalue weighted by Gasteiger charge is 2.10. The summed E-state index contributed by atoms with van der Waals surface area (Å²) in [7, 11) is 0. The highest BCUT2D eigenvalue weighted by atomic mass is 16.5. The van der Waals surface area contributed by atoms with Gasteiger partial charge in [0.2, 0.25) is 0 Å². The van der Waals surface area contributed by atoms with Crippen LogP contribution in [0.15, 0.2) is 53.6 Å². The first kappa shape index (κ1) is 17.5. The Morgan fingerprint density at radius 2 is 2.08 bits per heavy atom. The number of phenols is 1. The Morgan fingerprint density at radius 1 is 1.29 bits per heavy atom. The van der Waals surface area contributed by atoms with Crippen molar-refractivity contribution in [2.45, 2.75) is 26.2 Å². The van der Waals surface area contributed by atoms with Crippen molar-refractivity contribution < 1.29 is 14.6 Å². The zero-order valence-corrected chi connectivity index (χ0v) is 13.9. The molecule has 0 spiro atoms. The molecule has 0 aliphatic rings. The number of carbonyl (C=O) groups is 1. The van der Waals surface area contributed by atoms with Gasteiger partial charge >= 0.3 is 0 Å². The number of ether oxygens (including phenoxy) is 1. The molecular formula is C19H22N2O3. The van der Waals surface area contributed by atoms with Crippen LogP contribution < -0.4 is 10.2 Å². The molecule has 0 aliphatic heterocycles. The minimum absolute atomic E-state index is 0.106. The first-order chi connectivity index (χ1) is 11.6. The van der Waals surface area contributed by atoms with E-state index in [1.54, 1.807) is 24.3 Å². The second-order valence-corrected chi connectivity index (χ2v) is 5.52. The molecule has 0 saturated carbocycles. The van der Waals surface area contributed by atoms with E-state index in [9.17, 15) is 9.90 Å². The number of hydrazone groups is 1. The Kier molecular flexibility index (Phi) is 6.37. The van der Waals surface area contributed by atoms with E-state index in [0.717, 1.165) is 17.7 Å². The van der Waals surface area contributed by atoms with Crippen LogP contribution in [0.2, 0.25) is 0 Å². The number of aromatic hydroxyl groups is 1. The Balaban J connectivity index is 1.88. The maximum Gasteiger partial charge on any atom is 0.277 e. The van der Waals surface area contributed by atoms with Crippen LogP contribution in [0.5, 0.6) is 11.5 Å². The molecular weight excluding hydrogens is 304 g/mol. The molecule has 24 heavy (non-hydrogen) atoms. The lowest BCUT2D eigenvalue weighted by molar-refractivity contribution is -0.123. The summed E-state index contributed by atoms with van der Waals surface area (Å²) < 4.78 is 5.62. The first-order valence-corrected chi connectivity index (χ1v) is 7.92. The van der Waals surface area contributed by atoms with Gasteiger partial charge in [-0.2, -0.15) is 5.10 Å². The van der Waals surface area contributed by atoms with Crippen LogP contribution in [-0.4, -0.2) is 23.8 Å². The normalized spacial score (nSPS) is 12.1. The summed E-state index contributed by atoms with van der Waals surface area (Å²) in [6.45, 7) is 4.14. The van der Waals surface area contributed by atoms with Crippen LogP contribution in [0.3, 0.4) is 0 Å². The third-order valence-electron chi connectivity index (χ3n) is 3.69. The molecule has 2 N–H and O–H groups in total. The van der Waals surface area contributed by atoms with Gasteiger partial charge in [0.25, 0.3) is 5.91 Å². The topological polar surface area (TPSA) is 70.9 Å². The summed E-state index contributed by atoms with van der Waals surface area (Å²) in [4.78, 5) is 11.8. The minimum Gasteiger partial charge on any atom is -0.508 e. The van der Waals surface area contributed by atoms with Gasteiger partial charge in [0.05, 0.1) is 6.21 Å². The van der Waals surface area contributed by atoms with Gasteiger partial charge in [-0.05, 0) is 41.7 Å². The number of rotatable bonds is 7. The predicted octanol–water partition coefficient (Wildman–Crippen LogP) is 3.43. The van der Waals surface area contributed by atoms with Crippen LogP contribution in [0, 0.1) is 0 Å². The maximum atomic E-state index is 11.8. The standard InChI is InChI=1S/C19H22N2O3/c1-3-14(2)17-9-4-5-10-18(17)24-13-19(23)21-20-12-15-7-6-8-16(22)11-15/h4-12,14,22H,3,13H2,1-2H3,(H,21,23). The molecule has 0 fully saturated rings. The van der Waals surface area contributed by atoms with E-state index < -0.39 is 0 Å². The molecule has 0 aliphatic carbocycles. The molecule has 0 aromatic heterocycles. The highest BCUT2D eigenvalue weighted by Crippen LogP contribution is 2.28. The number of para-hydroxylation sites is 1. The van der Waals surface area contributed by atoms with E-state index in [1.807, 2.05) is 24.3 Å². The fourth-order valence-corrected chi connectivity index (χ4v) is 2.20. The Bertz CT molecular complexity index is 713. The Morgan fingerprint density at radius 3 is 2.83 bits per heavy atom. The lowest BCUT2D eigenvalue weighted by Gasteiger charge is -2.15. The van der Waals surface area contributed by atoms with Crippen molar-refractivity contribution >= 4 is 12.1 Å². The quantitative estimate of drug-likeness (QED) is 0.605.